The molecular formula is C46H30Cl2N2O2. The number of furan rings is 2. The number of fused-ring (bicyclic) bond motifs is 2. The molecule has 0 atom stereocenters. The lowest BCUT2D eigenvalue weighted by atomic mass is 10.1. The van der Waals surface area contributed by atoms with E-state index < -0.39 is 0 Å². The first-order chi connectivity index (χ1) is 25.6. The van der Waals surface area contributed by atoms with Crippen LogP contribution in [0.4, 0.5) is 34.1 Å². The van der Waals surface area contributed by atoms with Gasteiger partial charge >= 0.3 is 0 Å². The average Bonchev–Trinajstić information content (AvgIpc) is 3.83. The second-order valence-corrected chi connectivity index (χ2v) is 13.3. The summed E-state index contributed by atoms with van der Waals surface area (Å²) in [6.45, 7) is 0. The van der Waals surface area contributed by atoms with Gasteiger partial charge in [-0.3, -0.25) is 0 Å². The average molecular weight is 714 g/mol. The van der Waals surface area contributed by atoms with Crippen LogP contribution in [-0.2, 0) is 0 Å². The summed E-state index contributed by atoms with van der Waals surface area (Å²) in [5.74, 6) is 1.62. The fourth-order valence-electron chi connectivity index (χ4n) is 6.69. The number of hydrogen-bond donors (Lipinski definition) is 0. The summed E-state index contributed by atoms with van der Waals surface area (Å²) in [6, 6.07) is 61.0. The highest BCUT2D eigenvalue weighted by atomic mass is 35.5. The SMILES string of the molecule is Clc1cc(N(c2ccccc2)c2ccc(-c3cc4ccccc4o3)cc2)c(Cl)c(N(c2ccccc2)c2ccc(-c3cc4ccccc4o3)cc2)c1. The molecule has 0 N–H and O–H groups in total. The third-order valence-corrected chi connectivity index (χ3v) is 9.79. The highest BCUT2D eigenvalue weighted by molar-refractivity contribution is 6.38. The van der Waals surface area contributed by atoms with Crippen molar-refractivity contribution in [2.45, 2.75) is 0 Å². The molecule has 0 radical (unpaired) electrons. The molecule has 7 aromatic carbocycles. The van der Waals surface area contributed by atoms with Crippen LogP contribution in [0.25, 0.3) is 44.6 Å². The minimum atomic E-state index is 0.542. The predicted octanol–water partition coefficient (Wildman–Crippen LogP) is 14.8. The maximum Gasteiger partial charge on any atom is 0.135 e. The van der Waals surface area contributed by atoms with Crippen molar-refractivity contribution in [2.24, 2.45) is 0 Å². The van der Waals surface area contributed by atoms with E-state index in [2.05, 4.69) is 107 Å². The molecule has 9 rings (SSSR count). The number of hydrogen-bond acceptors (Lipinski definition) is 4. The van der Waals surface area contributed by atoms with Crippen LogP contribution in [0.1, 0.15) is 0 Å². The number of nitrogens with zero attached hydrogens (tertiary/aromatic N) is 2. The number of anilines is 6. The molecule has 0 fully saturated rings. The van der Waals surface area contributed by atoms with Gasteiger partial charge < -0.3 is 18.6 Å². The summed E-state index contributed by atoms with van der Waals surface area (Å²) < 4.78 is 12.3. The van der Waals surface area contributed by atoms with Gasteiger partial charge in [0.2, 0.25) is 0 Å². The van der Waals surface area contributed by atoms with Crippen LogP contribution in [0.3, 0.4) is 0 Å². The van der Waals surface area contributed by atoms with Crippen molar-refractivity contribution in [3.8, 4) is 22.6 Å². The lowest BCUT2D eigenvalue weighted by Crippen LogP contribution is -2.14. The highest BCUT2D eigenvalue weighted by Crippen LogP contribution is 2.48. The second kappa shape index (κ2) is 13.5. The summed E-state index contributed by atoms with van der Waals surface area (Å²) >= 11 is 14.6. The molecule has 0 aliphatic carbocycles. The molecule has 0 saturated carbocycles. The molecule has 250 valence electrons. The molecule has 0 bridgehead atoms. The van der Waals surface area contributed by atoms with E-state index in [-0.39, 0.29) is 0 Å². The monoisotopic (exact) mass is 712 g/mol. The lowest BCUT2D eigenvalue weighted by Gasteiger charge is -2.31. The molecular weight excluding hydrogens is 683 g/mol. The summed E-state index contributed by atoms with van der Waals surface area (Å²) in [5, 5.41) is 3.23. The van der Waals surface area contributed by atoms with Crippen molar-refractivity contribution in [3.63, 3.8) is 0 Å². The molecule has 2 aromatic heterocycles. The van der Waals surface area contributed by atoms with E-state index in [1.807, 2.05) is 84.9 Å². The molecule has 0 unspecified atom stereocenters. The van der Waals surface area contributed by atoms with Gasteiger partial charge in [0, 0.05) is 49.7 Å². The van der Waals surface area contributed by atoms with Crippen molar-refractivity contribution in [1.82, 2.24) is 0 Å². The summed E-state index contributed by atoms with van der Waals surface area (Å²) in [5.41, 5.74) is 8.88. The zero-order valence-corrected chi connectivity index (χ0v) is 29.3. The standard InChI is InChI=1S/C46H30Cl2N2O2/c47-35-29-40(49(36-13-3-1-4-14-36)38-23-19-31(20-24-38)44-27-33-11-7-9-17-42(33)51-44)46(48)41(30-35)50(37-15-5-2-6-16-37)39-25-21-32(22-26-39)45-28-34-12-8-10-18-43(34)52-45/h1-30H. The molecule has 52 heavy (non-hydrogen) atoms. The zero-order valence-electron chi connectivity index (χ0n) is 27.8. The Bertz CT molecular complexity index is 2400. The molecule has 0 aliphatic rings. The Kier molecular flexibility index (Phi) is 8.24. The Morgan fingerprint density at radius 2 is 0.731 bits per heavy atom. The Morgan fingerprint density at radius 3 is 1.13 bits per heavy atom. The number of para-hydroxylation sites is 4. The Hall–Kier alpha value is -6.20. The maximum absolute atomic E-state index is 7.54. The molecule has 9 aromatic rings. The number of benzene rings is 7. The van der Waals surface area contributed by atoms with Gasteiger partial charge in [-0.05, 0) is 109 Å². The van der Waals surface area contributed by atoms with Crippen LogP contribution in [0.15, 0.2) is 191 Å². The van der Waals surface area contributed by atoms with E-state index in [0.717, 1.165) is 78.7 Å². The molecule has 4 nitrogen and oxygen atoms in total. The quantitative estimate of drug-likeness (QED) is 0.157. The Labute approximate surface area is 311 Å². The van der Waals surface area contributed by atoms with Gasteiger partial charge in [-0.25, -0.2) is 0 Å². The number of halogens is 2. The van der Waals surface area contributed by atoms with Gasteiger partial charge in [-0.15, -0.1) is 0 Å². The molecule has 0 saturated heterocycles. The Balaban J connectivity index is 1.14. The van der Waals surface area contributed by atoms with Gasteiger partial charge in [0.25, 0.3) is 0 Å². The zero-order chi connectivity index (χ0) is 35.0. The third-order valence-electron chi connectivity index (χ3n) is 9.18. The van der Waals surface area contributed by atoms with Crippen molar-refractivity contribution in [3.05, 3.63) is 192 Å². The van der Waals surface area contributed by atoms with Crippen LogP contribution in [-0.4, -0.2) is 0 Å². The van der Waals surface area contributed by atoms with E-state index >= 15 is 0 Å². The number of rotatable bonds is 8. The largest absolute Gasteiger partial charge is 0.456 e. The first-order valence-electron chi connectivity index (χ1n) is 17.0. The van der Waals surface area contributed by atoms with Gasteiger partial charge in [0.15, 0.2) is 0 Å². The van der Waals surface area contributed by atoms with Crippen LogP contribution >= 0.6 is 23.2 Å². The van der Waals surface area contributed by atoms with Crippen molar-refractivity contribution >= 4 is 79.3 Å². The maximum atomic E-state index is 7.54. The molecule has 6 heteroatoms. The fraction of sp³-hybridized carbons (Fsp3) is 0. The van der Waals surface area contributed by atoms with Crippen molar-refractivity contribution in [1.29, 1.82) is 0 Å². The Morgan fingerprint density at radius 1 is 0.365 bits per heavy atom. The molecule has 2 heterocycles. The van der Waals surface area contributed by atoms with E-state index in [0.29, 0.717) is 10.0 Å². The van der Waals surface area contributed by atoms with Gasteiger partial charge in [0.05, 0.1) is 16.4 Å². The molecule has 0 spiro atoms. The van der Waals surface area contributed by atoms with E-state index in [4.69, 9.17) is 32.0 Å². The van der Waals surface area contributed by atoms with Gasteiger partial charge in [-0.2, -0.15) is 0 Å². The van der Waals surface area contributed by atoms with E-state index in [9.17, 15) is 0 Å². The van der Waals surface area contributed by atoms with Crippen LogP contribution < -0.4 is 9.80 Å². The third kappa shape index (κ3) is 5.98. The fourth-order valence-corrected chi connectivity index (χ4v) is 7.18. The lowest BCUT2D eigenvalue weighted by molar-refractivity contribution is 0.631. The predicted molar refractivity (Wildman–Crippen MR) is 216 cm³/mol. The van der Waals surface area contributed by atoms with Crippen molar-refractivity contribution < 1.29 is 8.83 Å². The highest BCUT2D eigenvalue weighted by Gasteiger charge is 2.24. The molecule has 0 amide bonds. The van der Waals surface area contributed by atoms with Gasteiger partial charge in [0.1, 0.15) is 22.7 Å². The topological polar surface area (TPSA) is 32.8 Å². The van der Waals surface area contributed by atoms with Crippen LogP contribution in [0, 0.1) is 0 Å². The van der Waals surface area contributed by atoms with Gasteiger partial charge in [-0.1, -0.05) is 96.0 Å². The van der Waals surface area contributed by atoms with E-state index in [1.54, 1.807) is 0 Å². The van der Waals surface area contributed by atoms with E-state index in [1.165, 1.54) is 0 Å². The second-order valence-electron chi connectivity index (χ2n) is 12.5. The summed E-state index contributed by atoms with van der Waals surface area (Å²) in [6.07, 6.45) is 0. The summed E-state index contributed by atoms with van der Waals surface area (Å²) in [7, 11) is 0. The minimum absolute atomic E-state index is 0.542. The van der Waals surface area contributed by atoms with Crippen LogP contribution in [0.2, 0.25) is 10.0 Å². The molecule has 0 aliphatic heterocycles. The van der Waals surface area contributed by atoms with Crippen LogP contribution in [0.5, 0.6) is 0 Å². The normalized spacial score (nSPS) is 11.3. The first kappa shape index (κ1) is 31.8. The summed E-state index contributed by atoms with van der Waals surface area (Å²) in [4.78, 5) is 4.27. The first-order valence-corrected chi connectivity index (χ1v) is 17.7. The van der Waals surface area contributed by atoms with Crippen molar-refractivity contribution in [2.75, 3.05) is 9.80 Å². The smallest absolute Gasteiger partial charge is 0.135 e. The minimum Gasteiger partial charge on any atom is -0.456 e.